The number of rotatable bonds is 3. The first kappa shape index (κ1) is 10.9. The van der Waals surface area contributed by atoms with Gasteiger partial charge >= 0.3 is 0 Å². The van der Waals surface area contributed by atoms with E-state index in [1.54, 1.807) is 7.11 Å². The molecule has 1 saturated carbocycles. The third-order valence-electron chi connectivity index (χ3n) is 3.94. The van der Waals surface area contributed by atoms with Crippen LogP contribution in [-0.4, -0.2) is 36.6 Å². The first-order valence-corrected chi connectivity index (χ1v) is 5.93. The first-order chi connectivity index (χ1) is 7.09. The molecule has 1 amide bonds. The highest BCUT2D eigenvalue weighted by molar-refractivity contribution is 5.88. The molecule has 1 aliphatic carbocycles. The second-order valence-corrected chi connectivity index (χ2v) is 5.24. The maximum Gasteiger partial charge on any atom is 0.254 e. The second kappa shape index (κ2) is 3.78. The van der Waals surface area contributed by atoms with E-state index < -0.39 is 5.60 Å². The zero-order valence-corrected chi connectivity index (χ0v) is 9.95. The van der Waals surface area contributed by atoms with E-state index in [1.807, 2.05) is 4.90 Å². The van der Waals surface area contributed by atoms with E-state index in [-0.39, 0.29) is 5.91 Å². The van der Waals surface area contributed by atoms with E-state index in [0.29, 0.717) is 11.8 Å². The van der Waals surface area contributed by atoms with Gasteiger partial charge in [0.1, 0.15) is 5.60 Å². The molecule has 0 bridgehead atoms. The van der Waals surface area contributed by atoms with Crippen molar-refractivity contribution in [2.75, 3.05) is 20.2 Å². The van der Waals surface area contributed by atoms with Crippen molar-refractivity contribution in [1.82, 2.24) is 4.90 Å². The monoisotopic (exact) mass is 211 g/mol. The molecule has 1 atom stereocenters. The summed E-state index contributed by atoms with van der Waals surface area (Å²) in [5.74, 6) is 1.59. The lowest BCUT2D eigenvalue weighted by Gasteiger charge is -2.22. The Morgan fingerprint density at radius 1 is 1.47 bits per heavy atom. The Morgan fingerprint density at radius 2 is 2.13 bits per heavy atom. The molecule has 86 valence electrons. The highest BCUT2D eigenvalue weighted by atomic mass is 16.5. The van der Waals surface area contributed by atoms with Crippen molar-refractivity contribution in [2.24, 2.45) is 11.8 Å². The molecule has 0 N–H and O–H groups in total. The van der Waals surface area contributed by atoms with Gasteiger partial charge in [0.2, 0.25) is 0 Å². The maximum atomic E-state index is 12.1. The Hall–Kier alpha value is -0.570. The summed E-state index contributed by atoms with van der Waals surface area (Å²) in [5, 5.41) is 0. The van der Waals surface area contributed by atoms with Crippen molar-refractivity contribution in [3.05, 3.63) is 0 Å². The summed E-state index contributed by atoms with van der Waals surface area (Å²) in [6, 6.07) is 0. The predicted molar refractivity (Wildman–Crippen MR) is 58.5 cm³/mol. The van der Waals surface area contributed by atoms with Crippen LogP contribution in [0.25, 0.3) is 0 Å². The van der Waals surface area contributed by atoms with Gasteiger partial charge in [-0.3, -0.25) is 4.79 Å². The number of hydrogen-bond acceptors (Lipinski definition) is 2. The number of amides is 1. The lowest BCUT2D eigenvalue weighted by atomic mass is 9.95. The maximum absolute atomic E-state index is 12.1. The quantitative estimate of drug-likeness (QED) is 0.710. The van der Waals surface area contributed by atoms with Crippen molar-refractivity contribution < 1.29 is 9.53 Å². The standard InChI is InChI=1S/C12H21NO2/c1-9(2)10-4-7-13(8-10)11(14)12(15-3)5-6-12/h9-10H,4-8H2,1-3H3. The van der Waals surface area contributed by atoms with Crippen molar-refractivity contribution >= 4 is 5.91 Å². The van der Waals surface area contributed by atoms with E-state index in [0.717, 1.165) is 32.4 Å². The van der Waals surface area contributed by atoms with Crippen LogP contribution in [0.5, 0.6) is 0 Å². The Bertz CT molecular complexity index is 258. The largest absolute Gasteiger partial charge is 0.368 e. The third-order valence-corrected chi connectivity index (χ3v) is 3.94. The summed E-state index contributed by atoms with van der Waals surface area (Å²) in [4.78, 5) is 14.1. The summed E-state index contributed by atoms with van der Waals surface area (Å²) >= 11 is 0. The molecule has 2 aliphatic rings. The van der Waals surface area contributed by atoms with Crippen LogP contribution in [0.1, 0.15) is 33.1 Å². The van der Waals surface area contributed by atoms with Gasteiger partial charge < -0.3 is 9.64 Å². The van der Waals surface area contributed by atoms with Crippen molar-refractivity contribution in [1.29, 1.82) is 0 Å². The molecule has 2 rings (SSSR count). The van der Waals surface area contributed by atoms with Crippen molar-refractivity contribution in [3.63, 3.8) is 0 Å². The van der Waals surface area contributed by atoms with Crippen molar-refractivity contribution in [2.45, 2.75) is 38.7 Å². The Kier molecular flexibility index (Phi) is 2.75. The van der Waals surface area contributed by atoms with Gasteiger partial charge in [-0.2, -0.15) is 0 Å². The minimum Gasteiger partial charge on any atom is -0.368 e. The number of hydrogen-bond donors (Lipinski definition) is 0. The second-order valence-electron chi connectivity index (χ2n) is 5.24. The molecule has 1 heterocycles. The Labute approximate surface area is 91.8 Å². The number of likely N-dealkylation sites (tertiary alicyclic amines) is 1. The SMILES string of the molecule is COC1(C(=O)N2CCC(C(C)C)C2)CC1. The summed E-state index contributed by atoms with van der Waals surface area (Å²) in [6.45, 7) is 6.33. The molecule has 0 aromatic rings. The van der Waals surface area contributed by atoms with Crippen LogP contribution in [0.15, 0.2) is 0 Å². The first-order valence-electron chi connectivity index (χ1n) is 5.93. The lowest BCUT2D eigenvalue weighted by molar-refractivity contribution is -0.143. The molecular weight excluding hydrogens is 190 g/mol. The van der Waals surface area contributed by atoms with E-state index in [9.17, 15) is 4.79 Å². The highest BCUT2D eigenvalue weighted by Crippen LogP contribution is 2.41. The van der Waals surface area contributed by atoms with Gasteiger partial charge in [-0.15, -0.1) is 0 Å². The molecule has 0 spiro atoms. The van der Waals surface area contributed by atoms with Crippen LogP contribution >= 0.6 is 0 Å². The number of carbonyl (C=O) groups is 1. The zero-order valence-electron chi connectivity index (χ0n) is 9.95. The molecule has 15 heavy (non-hydrogen) atoms. The molecule has 3 heteroatoms. The Morgan fingerprint density at radius 3 is 2.53 bits per heavy atom. The minimum absolute atomic E-state index is 0.230. The average molecular weight is 211 g/mol. The number of methoxy groups -OCH3 is 1. The molecule has 1 unspecified atom stereocenters. The van der Waals surface area contributed by atoms with Gasteiger partial charge in [-0.1, -0.05) is 13.8 Å². The summed E-state index contributed by atoms with van der Waals surface area (Å²) < 4.78 is 5.33. The van der Waals surface area contributed by atoms with E-state index in [2.05, 4.69) is 13.8 Å². The van der Waals surface area contributed by atoms with Gasteiger partial charge in [-0.05, 0) is 31.1 Å². The van der Waals surface area contributed by atoms with Gasteiger partial charge in [0.05, 0.1) is 0 Å². The fourth-order valence-electron chi connectivity index (χ4n) is 2.42. The minimum atomic E-state index is -0.425. The molecule has 3 nitrogen and oxygen atoms in total. The molecule has 1 aliphatic heterocycles. The summed E-state index contributed by atoms with van der Waals surface area (Å²) in [5.41, 5.74) is -0.425. The van der Waals surface area contributed by atoms with Gasteiger partial charge in [0.15, 0.2) is 0 Å². The van der Waals surface area contributed by atoms with E-state index >= 15 is 0 Å². The van der Waals surface area contributed by atoms with Crippen LogP contribution in [0.4, 0.5) is 0 Å². The normalized spacial score (nSPS) is 28.5. The zero-order chi connectivity index (χ0) is 11.1. The fourth-order valence-corrected chi connectivity index (χ4v) is 2.42. The van der Waals surface area contributed by atoms with Crippen LogP contribution in [0.3, 0.4) is 0 Å². The topological polar surface area (TPSA) is 29.5 Å². The molecule has 0 aromatic heterocycles. The summed E-state index contributed by atoms with van der Waals surface area (Å²) in [7, 11) is 1.65. The molecule has 2 fully saturated rings. The molecular formula is C12H21NO2. The molecule has 0 aromatic carbocycles. The number of ether oxygens (including phenoxy) is 1. The smallest absolute Gasteiger partial charge is 0.254 e. The van der Waals surface area contributed by atoms with Gasteiger partial charge in [-0.25, -0.2) is 0 Å². The highest BCUT2D eigenvalue weighted by Gasteiger charge is 2.53. The molecule has 1 saturated heterocycles. The van der Waals surface area contributed by atoms with Crippen LogP contribution in [0, 0.1) is 11.8 Å². The average Bonchev–Trinajstić information content (AvgIpc) is 2.86. The molecule has 0 radical (unpaired) electrons. The Balaban J connectivity index is 1.94. The summed E-state index contributed by atoms with van der Waals surface area (Å²) in [6.07, 6.45) is 2.97. The number of carbonyl (C=O) groups excluding carboxylic acids is 1. The van der Waals surface area contributed by atoms with Crippen molar-refractivity contribution in [3.8, 4) is 0 Å². The van der Waals surface area contributed by atoms with Crippen LogP contribution < -0.4 is 0 Å². The van der Waals surface area contributed by atoms with Crippen LogP contribution in [0.2, 0.25) is 0 Å². The third kappa shape index (κ3) is 1.89. The predicted octanol–water partition coefficient (Wildman–Crippen LogP) is 1.67. The van der Waals surface area contributed by atoms with Gasteiger partial charge in [0.25, 0.3) is 5.91 Å². The van der Waals surface area contributed by atoms with Gasteiger partial charge in [0, 0.05) is 20.2 Å². The fraction of sp³-hybridized carbons (Fsp3) is 0.917. The van der Waals surface area contributed by atoms with Crippen LogP contribution in [-0.2, 0) is 9.53 Å². The number of nitrogens with zero attached hydrogens (tertiary/aromatic N) is 1. The lowest BCUT2D eigenvalue weighted by Crippen LogP contribution is -2.40. The van der Waals surface area contributed by atoms with E-state index in [4.69, 9.17) is 4.74 Å². The van der Waals surface area contributed by atoms with E-state index in [1.165, 1.54) is 0 Å².